The number of carbonyl (C=O) groups excluding carboxylic acids is 1. The number of fused-ring (bicyclic) bond motifs is 1. The van der Waals surface area contributed by atoms with Crippen LogP contribution in [-0.4, -0.2) is 23.9 Å². The largest absolute Gasteiger partial charge is 0.399 e. The van der Waals surface area contributed by atoms with Crippen LogP contribution in [0.3, 0.4) is 0 Å². The fourth-order valence-electron chi connectivity index (χ4n) is 2.91. The fourth-order valence-corrected chi connectivity index (χ4v) is 3.92. The Balaban J connectivity index is 1.84. The summed E-state index contributed by atoms with van der Waals surface area (Å²) >= 11 is 1.57. The van der Waals surface area contributed by atoms with Crippen LogP contribution >= 0.6 is 11.3 Å². The molecule has 2 heterocycles. The second-order valence-electron chi connectivity index (χ2n) is 5.58. The van der Waals surface area contributed by atoms with Crippen molar-refractivity contribution in [3.05, 3.63) is 29.1 Å². The third kappa shape index (κ3) is 2.52. The molecule has 20 heavy (non-hydrogen) atoms. The first kappa shape index (κ1) is 13.4. The number of piperidine rings is 1. The number of thiophene rings is 1. The Labute approximate surface area is 123 Å². The van der Waals surface area contributed by atoms with Gasteiger partial charge in [0.1, 0.15) is 0 Å². The predicted molar refractivity (Wildman–Crippen MR) is 85.2 cm³/mol. The highest BCUT2D eigenvalue weighted by Crippen LogP contribution is 2.29. The van der Waals surface area contributed by atoms with E-state index in [1.54, 1.807) is 11.3 Å². The van der Waals surface area contributed by atoms with Gasteiger partial charge in [-0.3, -0.25) is 4.79 Å². The molecule has 1 fully saturated rings. The molecule has 0 radical (unpaired) electrons. The van der Waals surface area contributed by atoms with Crippen molar-refractivity contribution in [3.63, 3.8) is 0 Å². The molecule has 2 N–H and O–H groups in total. The van der Waals surface area contributed by atoms with Crippen LogP contribution in [0, 0.1) is 5.92 Å². The van der Waals surface area contributed by atoms with E-state index in [0.717, 1.165) is 46.6 Å². The molecule has 1 aliphatic heterocycles. The van der Waals surface area contributed by atoms with Crippen molar-refractivity contribution in [3.8, 4) is 0 Å². The number of rotatable bonds is 2. The normalized spacial score (nSPS) is 19.4. The summed E-state index contributed by atoms with van der Waals surface area (Å²) in [6, 6.07) is 7.81. The van der Waals surface area contributed by atoms with Crippen LogP contribution in [0.25, 0.3) is 10.1 Å². The third-order valence-electron chi connectivity index (χ3n) is 4.13. The summed E-state index contributed by atoms with van der Waals surface area (Å²) < 4.78 is 1.13. The maximum atomic E-state index is 12.6. The molecule has 1 amide bonds. The van der Waals surface area contributed by atoms with Gasteiger partial charge >= 0.3 is 0 Å². The highest BCUT2D eigenvalue weighted by Gasteiger charge is 2.24. The quantitative estimate of drug-likeness (QED) is 0.856. The van der Waals surface area contributed by atoms with Gasteiger partial charge in [-0.15, -0.1) is 11.3 Å². The maximum Gasteiger partial charge on any atom is 0.263 e. The van der Waals surface area contributed by atoms with Gasteiger partial charge in [0.25, 0.3) is 5.91 Å². The van der Waals surface area contributed by atoms with Gasteiger partial charge in [-0.25, -0.2) is 0 Å². The van der Waals surface area contributed by atoms with E-state index < -0.39 is 0 Å². The number of nitrogen functional groups attached to an aromatic ring is 1. The molecular formula is C16H20N2OS. The van der Waals surface area contributed by atoms with Crippen LogP contribution in [0.2, 0.25) is 0 Å². The Morgan fingerprint density at radius 3 is 3.10 bits per heavy atom. The van der Waals surface area contributed by atoms with Crippen molar-refractivity contribution in [2.75, 3.05) is 18.8 Å². The number of nitrogens with two attached hydrogens (primary N) is 1. The molecule has 3 nitrogen and oxygen atoms in total. The first-order chi connectivity index (χ1) is 9.67. The lowest BCUT2D eigenvalue weighted by atomic mass is 9.95. The number of nitrogens with zero attached hydrogens (tertiary/aromatic N) is 1. The minimum Gasteiger partial charge on any atom is -0.399 e. The van der Waals surface area contributed by atoms with Crippen molar-refractivity contribution in [2.45, 2.75) is 26.2 Å². The van der Waals surface area contributed by atoms with E-state index in [0.29, 0.717) is 5.92 Å². The molecule has 0 aliphatic carbocycles. The van der Waals surface area contributed by atoms with E-state index in [4.69, 9.17) is 5.73 Å². The third-order valence-corrected chi connectivity index (χ3v) is 5.24. The number of anilines is 1. The zero-order valence-electron chi connectivity index (χ0n) is 11.8. The van der Waals surface area contributed by atoms with Gasteiger partial charge in [0, 0.05) is 23.5 Å². The van der Waals surface area contributed by atoms with Crippen molar-refractivity contribution >= 4 is 33.0 Å². The number of likely N-dealkylation sites (tertiary alicyclic amines) is 1. The number of carbonyl (C=O) groups is 1. The van der Waals surface area contributed by atoms with Gasteiger partial charge in [-0.05, 0) is 48.4 Å². The van der Waals surface area contributed by atoms with Crippen LogP contribution < -0.4 is 5.73 Å². The van der Waals surface area contributed by atoms with Crippen LogP contribution in [0.4, 0.5) is 5.69 Å². The first-order valence-electron chi connectivity index (χ1n) is 7.25. The summed E-state index contributed by atoms with van der Waals surface area (Å²) in [6.07, 6.45) is 3.54. The molecule has 1 aromatic carbocycles. The number of hydrogen-bond donors (Lipinski definition) is 1. The van der Waals surface area contributed by atoms with E-state index in [2.05, 4.69) is 6.92 Å². The lowest BCUT2D eigenvalue weighted by molar-refractivity contribution is 0.0676. The molecule has 2 aromatic rings. The minimum atomic E-state index is 0.183. The van der Waals surface area contributed by atoms with Gasteiger partial charge in [0.05, 0.1) is 4.88 Å². The van der Waals surface area contributed by atoms with Crippen LogP contribution in [-0.2, 0) is 0 Å². The monoisotopic (exact) mass is 288 g/mol. The van der Waals surface area contributed by atoms with Crippen molar-refractivity contribution in [2.24, 2.45) is 5.92 Å². The topological polar surface area (TPSA) is 46.3 Å². The summed E-state index contributed by atoms with van der Waals surface area (Å²) in [5.74, 6) is 0.848. The van der Waals surface area contributed by atoms with Crippen molar-refractivity contribution < 1.29 is 4.79 Å². The second-order valence-corrected chi connectivity index (χ2v) is 6.66. The fraction of sp³-hybridized carbons (Fsp3) is 0.438. The zero-order chi connectivity index (χ0) is 14.1. The van der Waals surface area contributed by atoms with Gasteiger partial charge < -0.3 is 10.6 Å². The Morgan fingerprint density at radius 1 is 1.45 bits per heavy atom. The summed E-state index contributed by atoms with van der Waals surface area (Å²) in [4.78, 5) is 15.5. The Bertz CT molecular complexity index is 634. The first-order valence-corrected chi connectivity index (χ1v) is 8.07. The smallest absolute Gasteiger partial charge is 0.263 e. The van der Waals surface area contributed by atoms with Crippen molar-refractivity contribution in [1.82, 2.24) is 4.90 Å². The number of amides is 1. The molecule has 4 heteroatoms. The molecule has 0 bridgehead atoms. The maximum absolute atomic E-state index is 12.6. The molecule has 0 saturated carbocycles. The summed E-state index contributed by atoms with van der Waals surface area (Å²) in [7, 11) is 0. The van der Waals surface area contributed by atoms with E-state index in [9.17, 15) is 4.79 Å². The lowest BCUT2D eigenvalue weighted by Crippen LogP contribution is -2.39. The number of hydrogen-bond acceptors (Lipinski definition) is 3. The minimum absolute atomic E-state index is 0.183. The van der Waals surface area contributed by atoms with E-state index in [-0.39, 0.29) is 5.91 Å². The predicted octanol–water partition coefficient (Wildman–Crippen LogP) is 3.75. The van der Waals surface area contributed by atoms with Crippen LogP contribution in [0.15, 0.2) is 24.3 Å². The van der Waals surface area contributed by atoms with Crippen LogP contribution in [0.1, 0.15) is 35.9 Å². The molecule has 1 atom stereocenters. The Kier molecular flexibility index (Phi) is 3.66. The van der Waals surface area contributed by atoms with E-state index in [1.807, 2.05) is 29.2 Å². The molecule has 1 unspecified atom stereocenters. The highest BCUT2D eigenvalue weighted by atomic mass is 32.1. The molecule has 3 rings (SSSR count). The van der Waals surface area contributed by atoms with Gasteiger partial charge in [-0.2, -0.15) is 0 Å². The molecule has 106 valence electrons. The Hall–Kier alpha value is -1.55. The highest BCUT2D eigenvalue weighted by molar-refractivity contribution is 7.20. The van der Waals surface area contributed by atoms with Gasteiger partial charge in [0.15, 0.2) is 0 Å². The SMILES string of the molecule is CCC1CCCN(C(=O)c2cc3cc(N)ccc3s2)C1. The number of benzene rings is 1. The average Bonchev–Trinajstić information content (AvgIpc) is 2.89. The van der Waals surface area contributed by atoms with E-state index in [1.165, 1.54) is 6.42 Å². The standard InChI is InChI=1S/C16H20N2OS/c1-2-11-4-3-7-18(10-11)16(19)15-9-12-8-13(17)5-6-14(12)20-15/h5-6,8-9,11H,2-4,7,10,17H2,1H3. The van der Waals surface area contributed by atoms with Gasteiger partial charge in [0.2, 0.25) is 0 Å². The van der Waals surface area contributed by atoms with Crippen molar-refractivity contribution in [1.29, 1.82) is 0 Å². The summed E-state index contributed by atoms with van der Waals surface area (Å²) in [6.45, 7) is 4.01. The lowest BCUT2D eigenvalue weighted by Gasteiger charge is -2.32. The van der Waals surface area contributed by atoms with Gasteiger partial charge in [-0.1, -0.05) is 13.3 Å². The van der Waals surface area contributed by atoms with Crippen LogP contribution in [0.5, 0.6) is 0 Å². The molecule has 1 saturated heterocycles. The Morgan fingerprint density at radius 2 is 2.30 bits per heavy atom. The summed E-state index contributed by atoms with van der Waals surface area (Å²) in [5, 5.41) is 1.07. The summed E-state index contributed by atoms with van der Waals surface area (Å²) in [5.41, 5.74) is 6.55. The average molecular weight is 288 g/mol. The zero-order valence-corrected chi connectivity index (χ0v) is 12.6. The molecule has 1 aromatic heterocycles. The second kappa shape index (κ2) is 5.44. The molecule has 0 spiro atoms. The van der Waals surface area contributed by atoms with E-state index >= 15 is 0 Å². The molecular weight excluding hydrogens is 268 g/mol. The molecule has 1 aliphatic rings.